The van der Waals surface area contributed by atoms with Crippen molar-refractivity contribution in [3.05, 3.63) is 70.1 Å². The number of hydrogen-bond donors (Lipinski definition) is 0. The van der Waals surface area contributed by atoms with Gasteiger partial charge in [0.2, 0.25) is 5.89 Å². The number of carbonyl (C=O) groups is 1. The lowest BCUT2D eigenvalue weighted by Gasteiger charge is -2.07. The number of nitrogens with zero attached hydrogens (tertiary/aromatic N) is 1. The summed E-state index contributed by atoms with van der Waals surface area (Å²) in [4.78, 5) is 16.0. The van der Waals surface area contributed by atoms with Gasteiger partial charge in [-0.2, -0.15) is 0 Å². The summed E-state index contributed by atoms with van der Waals surface area (Å²) < 4.78 is 16.3. The van der Waals surface area contributed by atoms with Crippen LogP contribution in [0, 0.1) is 13.8 Å². The fraction of sp³-hybridized carbons (Fsp3) is 0.273. The highest BCUT2D eigenvalue weighted by Gasteiger charge is 2.13. The minimum Gasteiger partial charge on any atom is -0.493 e. The van der Waals surface area contributed by atoms with E-state index in [2.05, 4.69) is 4.98 Å². The van der Waals surface area contributed by atoms with Crippen molar-refractivity contribution in [1.29, 1.82) is 0 Å². The molecule has 0 spiro atoms. The monoisotopic (exact) mass is 399 g/mol. The van der Waals surface area contributed by atoms with Gasteiger partial charge in [0.1, 0.15) is 11.5 Å². The number of halogens is 1. The second kappa shape index (κ2) is 8.93. The molecule has 28 heavy (non-hydrogen) atoms. The molecule has 0 fully saturated rings. The van der Waals surface area contributed by atoms with Crippen LogP contribution < -0.4 is 4.74 Å². The quantitative estimate of drug-likeness (QED) is 0.526. The number of esters is 1. The Kier molecular flexibility index (Phi) is 6.37. The van der Waals surface area contributed by atoms with Gasteiger partial charge in [0.25, 0.3) is 0 Å². The van der Waals surface area contributed by atoms with Crippen LogP contribution in [0.25, 0.3) is 11.5 Å². The van der Waals surface area contributed by atoms with Gasteiger partial charge in [-0.3, -0.25) is 4.79 Å². The van der Waals surface area contributed by atoms with Crippen molar-refractivity contribution in [3.8, 4) is 17.2 Å². The third kappa shape index (κ3) is 4.93. The first-order valence-electron chi connectivity index (χ1n) is 8.97. The van der Waals surface area contributed by atoms with Crippen molar-refractivity contribution < 1.29 is 18.7 Å². The molecule has 0 amide bonds. The second-order valence-electron chi connectivity index (χ2n) is 6.48. The predicted octanol–water partition coefficient (Wildman–Crippen LogP) is 4.95. The van der Waals surface area contributed by atoms with E-state index in [1.165, 1.54) is 7.11 Å². The molecule has 0 aliphatic rings. The fourth-order valence-corrected chi connectivity index (χ4v) is 2.94. The Balaban J connectivity index is 1.62. The average Bonchev–Trinajstić information content (AvgIpc) is 3.05. The molecule has 0 atom stereocenters. The standard InChI is InChI=1S/C22H22ClNO4/c1-14-7-8-17(13-19(14)23)22-24-20(15(2)28-22)9-10-27-18-6-4-5-16(11-18)12-21(25)26-3/h4-8,11,13H,9-10,12H2,1-3H3. The maximum atomic E-state index is 11.4. The number of oxazole rings is 1. The summed E-state index contributed by atoms with van der Waals surface area (Å²) in [6, 6.07) is 13.2. The summed E-state index contributed by atoms with van der Waals surface area (Å²) >= 11 is 6.20. The van der Waals surface area contributed by atoms with E-state index in [0.29, 0.717) is 29.7 Å². The van der Waals surface area contributed by atoms with E-state index in [1.807, 2.05) is 56.3 Å². The van der Waals surface area contributed by atoms with E-state index in [9.17, 15) is 4.79 Å². The minimum atomic E-state index is -0.279. The topological polar surface area (TPSA) is 61.6 Å². The summed E-state index contributed by atoms with van der Waals surface area (Å²) in [5.74, 6) is 1.73. The molecule has 0 N–H and O–H groups in total. The van der Waals surface area contributed by atoms with Crippen molar-refractivity contribution in [2.45, 2.75) is 26.7 Å². The van der Waals surface area contributed by atoms with Gasteiger partial charge >= 0.3 is 5.97 Å². The summed E-state index contributed by atoms with van der Waals surface area (Å²) in [6.07, 6.45) is 0.828. The molecule has 146 valence electrons. The van der Waals surface area contributed by atoms with Crippen LogP contribution in [0.1, 0.15) is 22.6 Å². The fourth-order valence-electron chi connectivity index (χ4n) is 2.76. The van der Waals surface area contributed by atoms with Crippen molar-refractivity contribution in [2.75, 3.05) is 13.7 Å². The Morgan fingerprint density at radius 2 is 2.00 bits per heavy atom. The summed E-state index contributed by atoms with van der Waals surface area (Å²) in [5, 5.41) is 0.685. The van der Waals surface area contributed by atoms with E-state index in [0.717, 1.165) is 28.1 Å². The van der Waals surface area contributed by atoms with E-state index in [1.54, 1.807) is 0 Å². The normalized spacial score (nSPS) is 10.7. The van der Waals surface area contributed by atoms with Gasteiger partial charge in [0.15, 0.2) is 0 Å². The maximum Gasteiger partial charge on any atom is 0.309 e. The van der Waals surface area contributed by atoms with E-state index in [-0.39, 0.29) is 12.4 Å². The smallest absolute Gasteiger partial charge is 0.309 e. The maximum absolute atomic E-state index is 11.4. The van der Waals surface area contributed by atoms with Crippen LogP contribution in [0.2, 0.25) is 5.02 Å². The first-order chi connectivity index (χ1) is 13.5. The Labute approximate surface area is 169 Å². The Morgan fingerprint density at radius 1 is 1.18 bits per heavy atom. The second-order valence-corrected chi connectivity index (χ2v) is 6.89. The lowest BCUT2D eigenvalue weighted by atomic mass is 10.1. The molecule has 2 aromatic carbocycles. The SMILES string of the molecule is COC(=O)Cc1cccc(OCCc2nc(-c3ccc(C)c(Cl)c3)oc2C)c1. The zero-order valence-corrected chi connectivity index (χ0v) is 16.9. The van der Waals surface area contributed by atoms with Gasteiger partial charge in [-0.25, -0.2) is 4.98 Å². The molecule has 0 unspecified atom stereocenters. The minimum absolute atomic E-state index is 0.221. The van der Waals surface area contributed by atoms with Crippen LogP contribution in [-0.2, 0) is 22.4 Å². The van der Waals surface area contributed by atoms with Gasteiger partial charge in [-0.15, -0.1) is 0 Å². The molecule has 0 aliphatic heterocycles. The van der Waals surface area contributed by atoms with Crippen LogP contribution in [-0.4, -0.2) is 24.7 Å². The Morgan fingerprint density at radius 3 is 2.75 bits per heavy atom. The predicted molar refractivity (Wildman–Crippen MR) is 108 cm³/mol. The molecule has 0 bridgehead atoms. The van der Waals surface area contributed by atoms with Gasteiger partial charge in [0.05, 0.1) is 25.8 Å². The molecular weight excluding hydrogens is 378 g/mol. The van der Waals surface area contributed by atoms with Crippen LogP contribution in [0.15, 0.2) is 46.9 Å². The number of ether oxygens (including phenoxy) is 2. The molecule has 3 rings (SSSR count). The van der Waals surface area contributed by atoms with Crippen LogP contribution in [0.4, 0.5) is 0 Å². The number of aryl methyl sites for hydroxylation is 2. The zero-order chi connectivity index (χ0) is 20.1. The lowest BCUT2D eigenvalue weighted by Crippen LogP contribution is -2.06. The lowest BCUT2D eigenvalue weighted by molar-refractivity contribution is -0.139. The third-order valence-corrected chi connectivity index (χ3v) is 4.80. The van der Waals surface area contributed by atoms with Gasteiger partial charge in [-0.1, -0.05) is 29.8 Å². The number of rotatable bonds is 7. The molecule has 0 saturated carbocycles. The molecule has 3 aromatic rings. The van der Waals surface area contributed by atoms with Crippen LogP contribution in [0.3, 0.4) is 0 Å². The summed E-state index contributed by atoms with van der Waals surface area (Å²) in [7, 11) is 1.38. The van der Waals surface area contributed by atoms with Crippen LogP contribution >= 0.6 is 11.6 Å². The Bertz CT molecular complexity index is 980. The first-order valence-corrected chi connectivity index (χ1v) is 9.35. The third-order valence-electron chi connectivity index (χ3n) is 4.39. The molecule has 1 heterocycles. The number of aromatic nitrogens is 1. The highest BCUT2D eigenvalue weighted by atomic mass is 35.5. The highest BCUT2D eigenvalue weighted by Crippen LogP contribution is 2.26. The average molecular weight is 400 g/mol. The largest absolute Gasteiger partial charge is 0.493 e. The molecule has 0 saturated heterocycles. The van der Waals surface area contributed by atoms with E-state index in [4.69, 9.17) is 25.5 Å². The van der Waals surface area contributed by atoms with Gasteiger partial charge in [-0.05, 0) is 49.2 Å². The van der Waals surface area contributed by atoms with E-state index >= 15 is 0 Å². The number of benzene rings is 2. The van der Waals surface area contributed by atoms with E-state index < -0.39 is 0 Å². The molecule has 0 aliphatic carbocycles. The number of methoxy groups -OCH3 is 1. The van der Waals surface area contributed by atoms with Crippen molar-refractivity contribution >= 4 is 17.6 Å². The van der Waals surface area contributed by atoms with Crippen molar-refractivity contribution in [3.63, 3.8) is 0 Å². The van der Waals surface area contributed by atoms with Crippen molar-refractivity contribution in [2.24, 2.45) is 0 Å². The Hall–Kier alpha value is -2.79. The molecule has 0 radical (unpaired) electrons. The number of hydrogen-bond acceptors (Lipinski definition) is 5. The molecule has 1 aromatic heterocycles. The van der Waals surface area contributed by atoms with Gasteiger partial charge < -0.3 is 13.9 Å². The summed E-state index contributed by atoms with van der Waals surface area (Å²) in [6.45, 7) is 4.29. The van der Waals surface area contributed by atoms with Crippen LogP contribution in [0.5, 0.6) is 5.75 Å². The first kappa shape index (κ1) is 20.0. The zero-order valence-electron chi connectivity index (χ0n) is 16.1. The highest BCUT2D eigenvalue weighted by molar-refractivity contribution is 6.31. The molecular formula is C22H22ClNO4. The summed E-state index contributed by atoms with van der Waals surface area (Å²) in [5.41, 5.74) is 3.55. The van der Waals surface area contributed by atoms with Crippen molar-refractivity contribution in [1.82, 2.24) is 4.98 Å². The number of carbonyl (C=O) groups excluding carboxylic acids is 1. The molecule has 5 nitrogen and oxygen atoms in total. The van der Waals surface area contributed by atoms with Gasteiger partial charge in [0, 0.05) is 17.0 Å². The molecule has 6 heteroatoms.